The van der Waals surface area contributed by atoms with Crippen molar-refractivity contribution in [1.82, 2.24) is 5.32 Å². The average molecular weight is 268 g/mol. The van der Waals surface area contributed by atoms with Crippen molar-refractivity contribution in [2.45, 2.75) is 20.0 Å². The summed E-state index contributed by atoms with van der Waals surface area (Å²) >= 11 is 0. The summed E-state index contributed by atoms with van der Waals surface area (Å²) in [5.41, 5.74) is 2.14. The summed E-state index contributed by atoms with van der Waals surface area (Å²) in [4.78, 5) is 11.7. The Kier molecular flexibility index (Phi) is 5.18. The second-order valence-corrected chi connectivity index (χ2v) is 4.63. The Labute approximate surface area is 119 Å². The molecule has 2 rings (SSSR count). The van der Waals surface area contributed by atoms with Crippen LogP contribution in [0.2, 0.25) is 0 Å². The quantitative estimate of drug-likeness (QED) is 0.897. The van der Waals surface area contributed by atoms with Crippen LogP contribution in [0.4, 0.5) is 4.79 Å². The fourth-order valence-electron chi connectivity index (χ4n) is 1.88. The largest absolute Gasteiger partial charge is 0.445 e. The van der Waals surface area contributed by atoms with Gasteiger partial charge in [-0.15, -0.1) is 0 Å². The van der Waals surface area contributed by atoms with E-state index in [1.54, 1.807) is 0 Å². The Bertz CT molecular complexity index is 525. The molecule has 0 saturated carbocycles. The molecule has 0 aliphatic carbocycles. The number of carbonyl (C=O) groups excluding carboxylic acids is 1. The number of carbonyl (C=O) groups is 1. The molecule has 1 radical (unpaired) electrons. The molecule has 0 fully saturated rings. The minimum Gasteiger partial charge on any atom is -0.445 e. The zero-order valence-electron chi connectivity index (χ0n) is 11.5. The number of nitrogens with one attached hydrogen (secondary N) is 1. The Morgan fingerprint density at radius 1 is 0.950 bits per heavy atom. The highest BCUT2D eigenvalue weighted by Crippen LogP contribution is 2.08. The van der Waals surface area contributed by atoms with Gasteiger partial charge in [0, 0.05) is 0 Å². The fourth-order valence-corrected chi connectivity index (χ4v) is 1.88. The highest BCUT2D eigenvalue weighted by Gasteiger charge is 2.09. The number of hydrogen-bond acceptors (Lipinski definition) is 2. The molecule has 0 aromatic heterocycles. The monoisotopic (exact) mass is 268 g/mol. The lowest BCUT2D eigenvalue weighted by molar-refractivity contribution is 0.140. The standard InChI is InChI=1S/C17H18NO2/c1-14(12-15-8-4-2-5-9-15)18-17(19)20-13-16-10-6-3-7-11-16/h2-11H,12-13H2,1H3,(H,18,19). The van der Waals surface area contributed by atoms with Crippen molar-refractivity contribution in [3.05, 3.63) is 77.8 Å². The Balaban J connectivity index is 1.74. The predicted molar refractivity (Wildman–Crippen MR) is 78.8 cm³/mol. The van der Waals surface area contributed by atoms with Crippen molar-refractivity contribution in [3.8, 4) is 0 Å². The molecule has 103 valence electrons. The first-order valence-corrected chi connectivity index (χ1v) is 6.58. The first kappa shape index (κ1) is 14.1. The summed E-state index contributed by atoms with van der Waals surface area (Å²) in [5.74, 6) is 0. The number of rotatable bonds is 5. The highest BCUT2D eigenvalue weighted by atomic mass is 16.5. The maximum Gasteiger partial charge on any atom is 0.407 e. The van der Waals surface area contributed by atoms with Crippen molar-refractivity contribution in [1.29, 1.82) is 0 Å². The van der Waals surface area contributed by atoms with Crippen LogP contribution in [-0.4, -0.2) is 6.09 Å². The molecule has 0 saturated heterocycles. The molecular formula is C17H18NO2. The maximum atomic E-state index is 11.7. The fraction of sp³-hybridized carbons (Fsp3) is 0.176. The molecule has 0 bridgehead atoms. The molecule has 0 spiro atoms. The van der Waals surface area contributed by atoms with E-state index in [0.29, 0.717) is 6.42 Å². The van der Waals surface area contributed by atoms with Crippen LogP contribution in [0.3, 0.4) is 0 Å². The van der Waals surface area contributed by atoms with Gasteiger partial charge in [0.25, 0.3) is 0 Å². The molecule has 0 unspecified atom stereocenters. The number of hydrogen-bond donors (Lipinski definition) is 1. The first-order chi connectivity index (χ1) is 9.74. The van der Waals surface area contributed by atoms with Gasteiger partial charge in [-0.25, -0.2) is 4.79 Å². The lowest BCUT2D eigenvalue weighted by Gasteiger charge is -2.13. The van der Waals surface area contributed by atoms with Gasteiger partial charge in [0.2, 0.25) is 0 Å². The van der Waals surface area contributed by atoms with E-state index in [0.717, 1.165) is 17.2 Å². The summed E-state index contributed by atoms with van der Waals surface area (Å²) in [6, 6.07) is 20.5. The van der Waals surface area contributed by atoms with Crippen molar-refractivity contribution in [3.63, 3.8) is 0 Å². The van der Waals surface area contributed by atoms with Crippen LogP contribution in [0.1, 0.15) is 18.1 Å². The lowest BCUT2D eigenvalue weighted by atomic mass is 10.1. The van der Waals surface area contributed by atoms with Crippen LogP contribution in [0, 0.1) is 6.04 Å². The van der Waals surface area contributed by atoms with Crippen molar-refractivity contribution in [2.24, 2.45) is 0 Å². The third-order valence-electron chi connectivity index (χ3n) is 2.84. The van der Waals surface area contributed by atoms with E-state index >= 15 is 0 Å². The molecule has 3 heteroatoms. The van der Waals surface area contributed by atoms with Crippen LogP contribution >= 0.6 is 0 Å². The van der Waals surface area contributed by atoms with Crippen LogP contribution in [0.5, 0.6) is 0 Å². The topological polar surface area (TPSA) is 38.3 Å². The minimum absolute atomic E-state index is 0.283. The van der Waals surface area contributed by atoms with Crippen molar-refractivity contribution >= 4 is 6.09 Å². The van der Waals surface area contributed by atoms with Gasteiger partial charge in [-0.3, -0.25) is 0 Å². The average Bonchev–Trinajstić information content (AvgIpc) is 2.47. The van der Waals surface area contributed by atoms with Crippen LogP contribution in [-0.2, 0) is 17.8 Å². The zero-order chi connectivity index (χ0) is 14.2. The van der Waals surface area contributed by atoms with Crippen molar-refractivity contribution < 1.29 is 9.53 Å². The van der Waals surface area contributed by atoms with Crippen molar-refractivity contribution in [2.75, 3.05) is 0 Å². The molecule has 0 aliphatic rings. The smallest absolute Gasteiger partial charge is 0.407 e. The molecule has 1 N–H and O–H groups in total. The van der Waals surface area contributed by atoms with Gasteiger partial charge in [-0.2, -0.15) is 0 Å². The molecule has 20 heavy (non-hydrogen) atoms. The molecule has 2 aromatic carbocycles. The van der Waals surface area contributed by atoms with E-state index < -0.39 is 6.09 Å². The molecule has 0 atom stereocenters. The highest BCUT2D eigenvalue weighted by molar-refractivity contribution is 5.68. The zero-order valence-corrected chi connectivity index (χ0v) is 11.5. The Morgan fingerprint density at radius 3 is 2.10 bits per heavy atom. The summed E-state index contributed by atoms with van der Waals surface area (Å²) in [6.07, 6.45) is 0.295. The van der Waals surface area contributed by atoms with Crippen LogP contribution < -0.4 is 5.32 Å². The summed E-state index contributed by atoms with van der Waals surface area (Å²) in [5, 5.41) is 2.75. The number of benzene rings is 2. The summed E-state index contributed by atoms with van der Waals surface area (Å²) in [7, 11) is 0. The molecule has 1 amide bonds. The normalized spacial score (nSPS) is 10.3. The second kappa shape index (κ2) is 7.34. The molecular weight excluding hydrogens is 250 g/mol. The van der Waals surface area contributed by atoms with E-state index in [-0.39, 0.29) is 6.61 Å². The van der Waals surface area contributed by atoms with Gasteiger partial charge < -0.3 is 10.1 Å². The third-order valence-corrected chi connectivity index (χ3v) is 2.84. The second-order valence-electron chi connectivity index (χ2n) is 4.63. The number of ether oxygens (including phenoxy) is 1. The maximum absolute atomic E-state index is 11.7. The van der Waals surface area contributed by atoms with Gasteiger partial charge in [-0.1, -0.05) is 60.7 Å². The predicted octanol–water partition coefficient (Wildman–Crippen LogP) is 3.71. The minimum atomic E-state index is -0.415. The van der Waals surface area contributed by atoms with Gasteiger partial charge in [0.15, 0.2) is 0 Å². The van der Waals surface area contributed by atoms with E-state index in [9.17, 15) is 4.79 Å². The Morgan fingerprint density at radius 2 is 1.50 bits per heavy atom. The summed E-state index contributed by atoms with van der Waals surface area (Å²) in [6.45, 7) is 2.17. The third kappa shape index (κ3) is 4.76. The van der Waals surface area contributed by atoms with E-state index in [1.165, 1.54) is 0 Å². The van der Waals surface area contributed by atoms with Crippen LogP contribution in [0.15, 0.2) is 60.7 Å². The number of amides is 1. The lowest BCUT2D eigenvalue weighted by Crippen LogP contribution is -2.28. The van der Waals surface area contributed by atoms with E-state index in [2.05, 4.69) is 5.32 Å². The van der Waals surface area contributed by atoms with Crippen LogP contribution in [0.25, 0.3) is 0 Å². The SMILES string of the molecule is C[C](Cc1ccccc1)NC(=O)OCc1ccccc1. The first-order valence-electron chi connectivity index (χ1n) is 6.58. The van der Waals surface area contributed by atoms with E-state index in [4.69, 9.17) is 4.74 Å². The molecule has 0 aliphatic heterocycles. The van der Waals surface area contributed by atoms with Gasteiger partial charge in [0.1, 0.15) is 6.61 Å². The van der Waals surface area contributed by atoms with Gasteiger partial charge >= 0.3 is 6.09 Å². The molecule has 3 nitrogen and oxygen atoms in total. The van der Waals surface area contributed by atoms with Gasteiger partial charge in [-0.05, 0) is 24.5 Å². The van der Waals surface area contributed by atoms with E-state index in [1.807, 2.05) is 67.6 Å². The van der Waals surface area contributed by atoms with Gasteiger partial charge in [0.05, 0.1) is 6.04 Å². The Hall–Kier alpha value is -2.29. The number of alkyl carbamates (subject to hydrolysis) is 1. The molecule has 0 heterocycles. The summed E-state index contributed by atoms with van der Waals surface area (Å²) < 4.78 is 5.17. The molecule has 2 aromatic rings.